The Hall–Kier alpha value is -1.10. The summed E-state index contributed by atoms with van der Waals surface area (Å²) < 4.78 is 0. The van der Waals surface area contributed by atoms with Gasteiger partial charge in [-0.2, -0.15) is 0 Å². The van der Waals surface area contributed by atoms with Gasteiger partial charge in [0, 0.05) is 13.1 Å². The summed E-state index contributed by atoms with van der Waals surface area (Å²) in [5.74, 6) is -1.94. The zero-order valence-corrected chi connectivity index (χ0v) is 7.76. The van der Waals surface area contributed by atoms with Gasteiger partial charge in [-0.25, -0.2) is 0 Å². The lowest BCUT2D eigenvalue weighted by Gasteiger charge is -2.36. The van der Waals surface area contributed by atoms with E-state index in [4.69, 9.17) is 5.11 Å². The molecule has 5 heteroatoms. The van der Waals surface area contributed by atoms with Gasteiger partial charge in [-0.15, -0.1) is 0 Å². The van der Waals surface area contributed by atoms with Crippen molar-refractivity contribution in [3.8, 4) is 0 Å². The van der Waals surface area contributed by atoms with Gasteiger partial charge in [0.2, 0.25) is 5.91 Å². The minimum Gasteiger partial charge on any atom is -0.481 e. The highest BCUT2D eigenvalue weighted by molar-refractivity contribution is 5.91. The van der Waals surface area contributed by atoms with E-state index in [-0.39, 0.29) is 5.91 Å². The van der Waals surface area contributed by atoms with Crippen LogP contribution in [0.5, 0.6) is 0 Å². The number of carbonyl (C=O) groups excluding carboxylic acids is 1. The maximum Gasteiger partial charge on any atom is 0.308 e. The average molecular weight is 186 g/mol. The summed E-state index contributed by atoms with van der Waals surface area (Å²) in [6.45, 7) is 4.31. The van der Waals surface area contributed by atoms with E-state index in [0.29, 0.717) is 13.1 Å². The first-order valence-electron chi connectivity index (χ1n) is 4.24. The van der Waals surface area contributed by atoms with Crippen LogP contribution in [0.25, 0.3) is 0 Å². The van der Waals surface area contributed by atoms with Crippen molar-refractivity contribution in [2.45, 2.75) is 19.4 Å². The molecule has 3 N–H and O–H groups in total. The summed E-state index contributed by atoms with van der Waals surface area (Å²) in [5, 5.41) is 14.4. The van der Waals surface area contributed by atoms with Gasteiger partial charge in [0.1, 0.15) is 5.54 Å². The molecule has 1 aliphatic rings. The zero-order chi connectivity index (χ0) is 10.1. The number of piperazine rings is 1. The highest BCUT2D eigenvalue weighted by atomic mass is 16.4. The van der Waals surface area contributed by atoms with Crippen molar-refractivity contribution in [2.75, 3.05) is 13.1 Å². The standard InChI is InChI=1S/C8H14N2O3/c1-5(6(11)12)8(2)7(13)9-3-4-10-8/h5,10H,3-4H2,1-2H3,(H,9,13)(H,11,12). The van der Waals surface area contributed by atoms with E-state index in [9.17, 15) is 9.59 Å². The fourth-order valence-electron chi connectivity index (χ4n) is 1.36. The van der Waals surface area contributed by atoms with Crippen LogP contribution in [-0.4, -0.2) is 35.6 Å². The fourth-order valence-corrected chi connectivity index (χ4v) is 1.36. The molecular weight excluding hydrogens is 172 g/mol. The molecule has 1 amide bonds. The molecule has 2 unspecified atom stereocenters. The molecule has 0 radical (unpaired) electrons. The van der Waals surface area contributed by atoms with Gasteiger partial charge < -0.3 is 15.7 Å². The molecule has 0 aliphatic carbocycles. The number of carbonyl (C=O) groups is 2. The van der Waals surface area contributed by atoms with Gasteiger partial charge >= 0.3 is 5.97 Å². The van der Waals surface area contributed by atoms with E-state index in [1.54, 1.807) is 6.92 Å². The minimum absolute atomic E-state index is 0.242. The van der Waals surface area contributed by atoms with Gasteiger partial charge in [-0.3, -0.25) is 9.59 Å². The van der Waals surface area contributed by atoms with Crippen LogP contribution < -0.4 is 10.6 Å². The second-order valence-electron chi connectivity index (χ2n) is 3.44. The Kier molecular flexibility index (Phi) is 2.56. The van der Waals surface area contributed by atoms with E-state index < -0.39 is 17.4 Å². The van der Waals surface area contributed by atoms with Crippen molar-refractivity contribution in [1.29, 1.82) is 0 Å². The quantitative estimate of drug-likeness (QED) is 0.527. The highest BCUT2D eigenvalue weighted by Gasteiger charge is 2.43. The Morgan fingerprint density at radius 3 is 2.69 bits per heavy atom. The molecule has 1 saturated heterocycles. The Bertz CT molecular complexity index is 242. The lowest BCUT2D eigenvalue weighted by atomic mass is 9.85. The summed E-state index contributed by atoms with van der Waals surface area (Å²) in [6, 6.07) is 0. The second kappa shape index (κ2) is 3.33. The van der Waals surface area contributed by atoms with Crippen LogP contribution in [0.15, 0.2) is 0 Å². The van der Waals surface area contributed by atoms with E-state index in [2.05, 4.69) is 10.6 Å². The third-order valence-corrected chi connectivity index (χ3v) is 2.61. The molecule has 0 aromatic rings. The molecule has 0 aromatic heterocycles. The van der Waals surface area contributed by atoms with Crippen LogP contribution in [0.1, 0.15) is 13.8 Å². The smallest absolute Gasteiger partial charge is 0.308 e. The maximum atomic E-state index is 11.4. The van der Waals surface area contributed by atoms with Gasteiger partial charge in [0.15, 0.2) is 0 Å². The summed E-state index contributed by atoms with van der Waals surface area (Å²) >= 11 is 0. The second-order valence-corrected chi connectivity index (χ2v) is 3.44. The summed E-state index contributed by atoms with van der Waals surface area (Å²) in [6.07, 6.45) is 0. The maximum absolute atomic E-state index is 11.4. The number of hydrogen-bond donors (Lipinski definition) is 3. The van der Waals surface area contributed by atoms with Gasteiger partial charge in [0.25, 0.3) is 0 Å². The zero-order valence-electron chi connectivity index (χ0n) is 7.76. The van der Waals surface area contributed by atoms with Gasteiger partial charge in [-0.05, 0) is 13.8 Å². The Balaban J connectivity index is 2.83. The highest BCUT2D eigenvalue weighted by Crippen LogP contribution is 2.18. The van der Waals surface area contributed by atoms with E-state index >= 15 is 0 Å². The number of aliphatic carboxylic acids is 1. The van der Waals surface area contributed by atoms with Crippen LogP contribution in [0.2, 0.25) is 0 Å². The molecule has 5 nitrogen and oxygen atoms in total. The van der Waals surface area contributed by atoms with Gasteiger partial charge in [-0.1, -0.05) is 0 Å². The van der Waals surface area contributed by atoms with E-state index in [0.717, 1.165) is 0 Å². The average Bonchev–Trinajstić information content (AvgIpc) is 2.09. The normalized spacial score (nSPS) is 30.8. The largest absolute Gasteiger partial charge is 0.481 e. The van der Waals surface area contributed by atoms with Crippen LogP contribution in [0.3, 0.4) is 0 Å². The summed E-state index contributed by atoms with van der Waals surface area (Å²) in [5.41, 5.74) is -0.982. The molecule has 1 fully saturated rings. The van der Waals surface area contributed by atoms with Crippen molar-refractivity contribution in [1.82, 2.24) is 10.6 Å². The Morgan fingerprint density at radius 2 is 2.23 bits per heavy atom. The van der Waals surface area contributed by atoms with E-state index in [1.165, 1.54) is 6.92 Å². The molecule has 1 heterocycles. The van der Waals surface area contributed by atoms with Crippen molar-refractivity contribution >= 4 is 11.9 Å². The van der Waals surface area contributed by atoms with Crippen LogP contribution in [0, 0.1) is 5.92 Å². The first-order chi connectivity index (χ1) is 5.98. The van der Waals surface area contributed by atoms with Crippen LogP contribution >= 0.6 is 0 Å². The summed E-state index contributed by atoms with van der Waals surface area (Å²) in [7, 11) is 0. The number of carboxylic acids is 1. The first-order valence-corrected chi connectivity index (χ1v) is 4.24. The molecule has 13 heavy (non-hydrogen) atoms. The first kappa shape index (κ1) is 9.98. The molecule has 1 rings (SSSR count). The van der Waals surface area contributed by atoms with Crippen LogP contribution in [0.4, 0.5) is 0 Å². The number of hydrogen-bond acceptors (Lipinski definition) is 3. The molecule has 74 valence electrons. The minimum atomic E-state index is -0.982. The van der Waals surface area contributed by atoms with Gasteiger partial charge in [0.05, 0.1) is 5.92 Å². The molecule has 2 atom stereocenters. The van der Waals surface area contributed by atoms with Crippen molar-refractivity contribution in [2.24, 2.45) is 5.92 Å². The fraction of sp³-hybridized carbons (Fsp3) is 0.750. The third kappa shape index (κ3) is 1.65. The third-order valence-electron chi connectivity index (χ3n) is 2.61. The predicted molar refractivity (Wildman–Crippen MR) is 46.2 cm³/mol. The number of carboxylic acid groups (broad SMARTS) is 1. The van der Waals surface area contributed by atoms with Crippen LogP contribution in [-0.2, 0) is 9.59 Å². The SMILES string of the molecule is CC(C(=O)O)C1(C)NCCNC1=O. The molecule has 0 bridgehead atoms. The lowest BCUT2D eigenvalue weighted by molar-refractivity contribution is -0.149. The van der Waals surface area contributed by atoms with Crippen molar-refractivity contribution in [3.05, 3.63) is 0 Å². The molecule has 0 saturated carbocycles. The Labute approximate surface area is 76.5 Å². The number of nitrogens with one attached hydrogen (secondary N) is 2. The molecule has 0 spiro atoms. The monoisotopic (exact) mass is 186 g/mol. The topological polar surface area (TPSA) is 78.4 Å². The molecule has 1 aliphatic heterocycles. The van der Waals surface area contributed by atoms with Crippen molar-refractivity contribution < 1.29 is 14.7 Å². The van der Waals surface area contributed by atoms with Crippen molar-refractivity contribution in [3.63, 3.8) is 0 Å². The van der Waals surface area contributed by atoms with E-state index in [1.807, 2.05) is 0 Å². The predicted octanol–water partition coefficient (Wildman–Crippen LogP) is -0.815. The Morgan fingerprint density at radius 1 is 1.62 bits per heavy atom. The summed E-state index contributed by atoms with van der Waals surface area (Å²) in [4.78, 5) is 22.2. The lowest BCUT2D eigenvalue weighted by Crippen LogP contribution is -2.65. The number of amides is 1. The molecular formula is C8H14N2O3. The number of rotatable bonds is 2. The molecule has 0 aromatic carbocycles.